The van der Waals surface area contributed by atoms with Gasteiger partial charge in [0.15, 0.2) is 0 Å². The molecule has 2 aromatic carbocycles. The minimum Gasteiger partial charge on any atom is -0.343 e. The third-order valence-electron chi connectivity index (χ3n) is 5.02. The van der Waals surface area contributed by atoms with Gasteiger partial charge in [-0.15, -0.1) is 0 Å². The molecule has 0 bridgehead atoms. The zero-order valence-corrected chi connectivity index (χ0v) is 19.0. The molecule has 2 amide bonds. The monoisotopic (exact) mass is 493 g/mol. The second-order valence-corrected chi connectivity index (χ2v) is 9.94. The summed E-state index contributed by atoms with van der Waals surface area (Å²) in [6, 6.07) is 12.9. The van der Waals surface area contributed by atoms with Gasteiger partial charge in [0.2, 0.25) is 15.9 Å². The highest BCUT2D eigenvalue weighted by Crippen LogP contribution is 2.25. The largest absolute Gasteiger partial charge is 0.343 e. The standard InChI is InChI=1S/C21H24BrN3O4S/c1-15-6-4-5-13-25(15)30(28,29)17-11-9-16(10-12-17)21(27)23-14-20(26)24-19-8-3-2-7-18(19)22/h2-3,7-12,15H,4-6,13-14H2,1H3,(H,23,27)(H,24,26). The number of rotatable bonds is 6. The zero-order valence-electron chi connectivity index (χ0n) is 16.6. The number of hydrogen-bond donors (Lipinski definition) is 2. The topological polar surface area (TPSA) is 95.6 Å². The number of amides is 2. The number of hydrogen-bond acceptors (Lipinski definition) is 4. The normalized spacial score (nSPS) is 17.3. The summed E-state index contributed by atoms with van der Waals surface area (Å²) in [5, 5.41) is 5.24. The lowest BCUT2D eigenvalue weighted by atomic mass is 10.1. The van der Waals surface area contributed by atoms with Gasteiger partial charge in [0, 0.05) is 22.6 Å². The lowest BCUT2D eigenvalue weighted by Crippen LogP contribution is -2.41. The van der Waals surface area contributed by atoms with Crippen LogP contribution in [0.15, 0.2) is 57.9 Å². The average Bonchev–Trinajstić information content (AvgIpc) is 2.74. The molecule has 1 aliphatic heterocycles. The summed E-state index contributed by atoms with van der Waals surface area (Å²) >= 11 is 3.34. The van der Waals surface area contributed by atoms with Crippen molar-refractivity contribution >= 4 is 43.5 Å². The van der Waals surface area contributed by atoms with E-state index in [1.54, 1.807) is 18.2 Å². The molecule has 0 aliphatic carbocycles. The molecular weight excluding hydrogens is 470 g/mol. The molecule has 2 N–H and O–H groups in total. The van der Waals surface area contributed by atoms with Gasteiger partial charge >= 0.3 is 0 Å². The van der Waals surface area contributed by atoms with Gasteiger partial charge in [-0.25, -0.2) is 8.42 Å². The maximum atomic E-state index is 12.9. The predicted molar refractivity (Wildman–Crippen MR) is 119 cm³/mol. The van der Waals surface area contributed by atoms with Crippen LogP contribution in [0.4, 0.5) is 5.69 Å². The van der Waals surface area contributed by atoms with Gasteiger partial charge in [-0.05, 0) is 72.1 Å². The highest BCUT2D eigenvalue weighted by atomic mass is 79.9. The average molecular weight is 494 g/mol. The van der Waals surface area contributed by atoms with E-state index >= 15 is 0 Å². The van der Waals surface area contributed by atoms with Gasteiger partial charge in [0.1, 0.15) is 0 Å². The van der Waals surface area contributed by atoms with Gasteiger partial charge in [0.05, 0.1) is 17.1 Å². The molecule has 160 valence electrons. The summed E-state index contributed by atoms with van der Waals surface area (Å²) in [6.45, 7) is 2.22. The van der Waals surface area contributed by atoms with Crippen LogP contribution in [0.2, 0.25) is 0 Å². The molecule has 30 heavy (non-hydrogen) atoms. The fraction of sp³-hybridized carbons (Fsp3) is 0.333. The molecule has 1 unspecified atom stereocenters. The molecule has 0 saturated carbocycles. The van der Waals surface area contributed by atoms with E-state index in [9.17, 15) is 18.0 Å². The van der Waals surface area contributed by atoms with Crippen molar-refractivity contribution in [1.29, 1.82) is 0 Å². The molecule has 9 heteroatoms. The second kappa shape index (κ2) is 9.72. The minimum absolute atomic E-state index is 0.0325. The molecule has 1 heterocycles. The Balaban J connectivity index is 1.59. The van der Waals surface area contributed by atoms with E-state index < -0.39 is 15.9 Å². The van der Waals surface area contributed by atoms with Crippen molar-refractivity contribution in [3.8, 4) is 0 Å². The van der Waals surface area contributed by atoms with Crippen molar-refractivity contribution in [3.05, 3.63) is 58.6 Å². The number of carbonyl (C=O) groups is 2. The first-order valence-corrected chi connectivity index (χ1v) is 12.0. The first kappa shape index (κ1) is 22.5. The van der Waals surface area contributed by atoms with Gasteiger partial charge in [0.25, 0.3) is 5.91 Å². The summed E-state index contributed by atoms with van der Waals surface area (Å²) in [6.07, 6.45) is 2.73. The Kier molecular flexibility index (Phi) is 7.27. The summed E-state index contributed by atoms with van der Waals surface area (Å²) in [5.74, 6) is -0.818. The molecule has 1 fully saturated rings. The van der Waals surface area contributed by atoms with Crippen LogP contribution in [0.25, 0.3) is 0 Å². The van der Waals surface area contributed by atoms with Crippen molar-refractivity contribution in [3.63, 3.8) is 0 Å². The fourth-order valence-corrected chi connectivity index (χ4v) is 5.45. The van der Waals surface area contributed by atoms with Crippen molar-refractivity contribution in [2.45, 2.75) is 37.1 Å². The number of anilines is 1. The highest BCUT2D eigenvalue weighted by Gasteiger charge is 2.30. The van der Waals surface area contributed by atoms with Crippen LogP contribution >= 0.6 is 15.9 Å². The molecule has 3 rings (SSSR count). The lowest BCUT2D eigenvalue weighted by Gasteiger charge is -2.32. The first-order chi connectivity index (χ1) is 14.3. The van der Waals surface area contributed by atoms with E-state index in [-0.39, 0.29) is 29.0 Å². The summed E-state index contributed by atoms with van der Waals surface area (Å²) in [5.41, 5.74) is 0.896. The highest BCUT2D eigenvalue weighted by molar-refractivity contribution is 9.10. The summed E-state index contributed by atoms with van der Waals surface area (Å²) in [4.78, 5) is 24.5. The van der Waals surface area contributed by atoms with Gasteiger partial charge in [-0.2, -0.15) is 4.31 Å². The van der Waals surface area contributed by atoms with Crippen LogP contribution in [0.3, 0.4) is 0 Å². The smallest absolute Gasteiger partial charge is 0.251 e. The number of piperidine rings is 1. The number of nitrogens with one attached hydrogen (secondary N) is 2. The Morgan fingerprint density at radius 3 is 2.47 bits per heavy atom. The molecule has 0 radical (unpaired) electrons. The molecule has 1 saturated heterocycles. The predicted octanol–water partition coefficient (Wildman–Crippen LogP) is 3.38. The Morgan fingerprint density at radius 2 is 1.80 bits per heavy atom. The van der Waals surface area contributed by atoms with Crippen LogP contribution in [0.1, 0.15) is 36.5 Å². The molecule has 2 aromatic rings. The van der Waals surface area contributed by atoms with Crippen molar-refractivity contribution < 1.29 is 18.0 Å². The van der Waals surface area contributed by atoms with Gasteiger partial charge < -0.3 is 10.6 Å². The lowest BCUT2D eigenvalue weighted by molar-refractivity contribution is -0.115. The van der Waals surface area contributed by atoms with Crippen LogP contribution in [-0.2, 0) is 14.8 Å². The second-order valence-electron chi connectivity index (χ2n) is 7.20. The molecule has 0 spiro atoms. The van der Waals surface area contributed by atoms with Crippen molar-refractivity contribution in [2.24, 2.45) is 0 Å². The third kappa shape index (κ3) is 5.27. The first-order valence-electron chi connectivity index (χ1n) is 9.73. The molecule has 1 aliphatic rings. The fourth-order valence-electron chi connectivity index (χ4n) is 3.36. The Labute approximate surface area is 185 Å². The maximum Gasteiger partial charge on any atom is 0.251 e. The SMILES string of the molecule is CC1CCCCN1S(=O)(=O)c1ccc(C(=O)NCC(=O)Nc2ccccc2Br)cc1. The summed E-state index contributed by atoms with van der Waals surface area (Å²) < 4.78 is 28.0. The van der Waals surface area contributed by atoms with Crippen molar-refractivity contribution in [1.82, 2.24) is 9.62 Å². The van der Waals surface area contributed by atoms with E-state index in [0.717, 1.165) is 23.7 Å². The van der Waals surface area contributed by atoms with Crippen LogP contribution in [0.5, 0.6) is 0 Å². The number of carbonyl (C=O) groups excluding carboxylic acids is 2. The van der Waals surface area contributed by atoms with E-state index in [1.165, 1.54) is 28.6 Å². The van der Waals surface area contributed by atoms with E-state index in [4.69, 9.17) is 0 Å². The third-order valence-corrected chi connectivity index (χ3v) is 7.74. The van der Waals surface area contributed by atoms with E-state index in [2.05, 4.69) is 26.6 Å². The summed E-state index contributed by atoms with van der Waals surface area (Å²) in [7, 11) is -3.59. The van der Waals surface area contributed by atoms with E-state index in [0.29, 0.717) is 12.2 Å². The van der Waals surface area contributed by atoms with Crippen molar-refractivity contribution in [2.75, 3.05) is 18.4 Å². The van der Waals surface area contributed by atoms with E-state index in [1.807, 2.05) is 13.0 Å². The molecule has 1 atom stereocenters. The Morgan fingerprint density at radius 1 is 1.10 bits per heavy atom. The maximum absolute atomic E-state index is 12.9. The Bertz CT molecular complexity index is 1020. The van der Waals surface area contributed by atoms with Crippen LogP contribution in [-0.4, -0.2) is 43.7 Å². The quantitative estimate of drug-likeness (QED) is 0.644. The molecule has 0 aromatic heterocycles. The number of para-hydroxylation sites is 1. The number of halogens is 1. The number of benzene rings is 2. The molecule has 7 nitrogen and oxygen atoms in total. The minimum atomic E-state index is -3.59. The molecular formula is C21H24BrN3O4S. The van der Waals surface area contributed by atoms with Gasteiger partial charge in [-0.1, -0.05) is 18.6 Å². The zero-order chi connectivity index (χ0) is 21.7. The van der Waals surface area contributed by atoms with Crippen LogP contribution < -0.4 is 10.6 Å². The number of nitrogens with zero attached hydrogens (tertiary/aromatic N) is 1. The van der Waals surface area contributed by atoms with Crippen LogP contribution in [0, 0.1) is 0 Å². The Hall–Kier alpha value is -2.23. The number of sulfonamides is 1. The van der Waals surface area contributed by atoms with Gasteiger partial charge in [-0.3, -0.25) is 9.59 Å².